The molecule has 5 heteroatoms. The van der Waals surface area contributed by atoms with Crippen LogP contribution in [-0.2, 0) is 16.6 Å². The van der Waals surface area contributed by atoms with E-state index >= 15 is 0 Å². The third-order valence-corrected chi connectivity index (χ3v) is 5.27. The van der Waals surface area contributed by atoms with Gasteiger partial charge in [-0.05, 0) is 56.9 Å². The van der Waals surface area contributed by atoms with Gasteiger partial charge in [-0.15, -0.1) is 0 Å². The van der Waals surface area contributed by atoms with E-state index in [-0.39, 0.29) is 0 Å². The highest BCUT2D eigenvalue weighted by molar-refractivity contribution is 7.89. The van der Waals surface area contributed by atoms with Crippen molar-refractivity contribution >= 4 is 10.0 Å². The summed E-state index contributed by atoms with van der Waals surface area (Å²) in [4.78, 5) is 0.327. The van der Waals surface area contributed by atoms with Crippen molar-refractivity contribution < 1.29 is 8.42 Å². The van der Waals surface area contributed by atoms with Crippen LogP contribution in [0.25, 0.3) is 0 Å². The van der Waals surface area contributed by atoms with Gasteiger partial charge >= 0.3 is 0 Å². The smallest absolute Gasteiger partial charge is 0.241 e. The molecule has 0 atom stereocenters. The molecule has 1 rings (SSSR count). The first-order valence-corrected chi connectivity index (χ1v) is 8.45. The summed E-state index contributed by atoms with van der Waals surface area (Å²) in [5.41, 5.74) is 7.86. The number of benzene rings is 1. The molecule has 114 valence electrons. The van der Waals surface area contributed by atoms with Crippen molar-refractivity contribution in [2.45, 2.75) is 64.4 Å². The number of rotatable bonds is 6. The molecule has 0 amide bonds. The second-order valence-electron chi connectivity index (χ2n) is 5.99. The molecule has 20 heavy (non-hydrogen) atoms. The standard InChI is InChI=1S/C15H26N2O2S/c1-6-7-15(4,5)17-20(18,19)14-9-13(10-16)11(2)8-12(14)3/h8-9,17H,6-7,10,16H2,1-5H3. The largest absolute Gasteiger partial charge is 0.326 e. The van der Waals surface area contributed by atoms with E-state index in [1.165, 1.54) is 0 Å². The number of aryl methyl sites for hydroxylation is 2. The minimum atomic E-state index is -3.53. The van der Waals surface area contributed by atoms with Gasteiger partial charge < -0.3 is 5.73 Å². The van der Waals surface area contributed by atoms with Crippen LogP contribution in [0.4, 0.5) is 0 Å². The Labute approximate surface area is 122 Å². The summed E-state index contributed by atoms with van der Waals surface area (Å²) in [5, 5.41) is 0. The molecule has 1 aromatic carbocycles. The molecule has 0 bridgehead atoms. The van der Waals surface area contributed by atoms with Crippen LogP contribution >= 0.6 is 0 Å². The van der Waals surface area contributed by atoms with Crippen molar-refractivity contribution in [3.63, 3.8) is 0 Å². The van der Waals surface area contributed by atoms with Gasteiger partial charge in [-0.25, -0.2) is 13.1 Å². The lowest BCUT2D eigenvalue weighted by molar-refractivity contribution is 0.417. The van der Waals surface area contributed by atoms with Gasteiger partial charge in [0.15, 0.2) is 0 Å². The van der Waals surface area contributed by atoms with Gasteiger partial charge in [0.05, 0.1) is 4.90 Å². The van der Waals surface area contributed by atoms with Gasteiger partial charge in [0.25, 0.3) is 0 Å². The number of nitrogens with one attached hydrogen (secondary N) is 1. The highest BCUT2D eigenvalue weighted by atomic mass is 32.2. The van der Waals surface area contributed by atoms with Crippen molar-refractivity contribution in [3.8, 4) is 0 Å². The minimum Gasteiger partial charge on any atom is -0.326 e. The topological polar surface area (TPSA) is 72.2 Å². The molecule has 0 heterocycles. The number of sulfonamides is 1. The molecule has 0 aliphatic carbocycles. The number of hydrogen-bond donors (Lipinski definition) is 2. The monoisotopic (exact) mass is 298 g/mol. The lowest BCUT2D eigenvalue weighted by Gasteiger charge is -2.26. The average molecular weight is 298 g/mol. The van der Waals surface area contributed by atoms with E-state index in [2.05, 4.69) is 4.72 Å². The molecule has 0 fully saturated rings. The average Bonchev–Trinajstić information content (AvgIpc) is 2.26. The summed E-state index contributed by atoms with van der Waals surface area (Å²) < 4.78 is 27.9. The first kappa shape index (κ1) is 17.1. The fraction of sp³-hybridized carbons (Fsp3) is 0.600. The maximum absolute atomic E-state index is 12.6. The van der Waals surface area contributed by atoms with Gasteiger partial charge in [-0.2, -0.15) is 0 Å². The number of nitrogens with two attached hydrogens (primary N) is 1. The maximum atomic E-state index is 12.6. The van der Waals surface area contributed by atoms with E-state index in [0.29, 0.717) is 11.4 Å². The lowest BCUT2D eigenvalue weighted by atomic mass is 10.0. The first-order chi connectivity index (χ1) is 9.13. The van der Waals surface area contributed by atoms with E-state index in [1.807, 2.05) is 40.7 Å². The Morgan fingerprint density at radius 3 is 2.30 bits per heavy atom. The zero-order chi connectivity index (χ0) is 15.6. The van der Waals surface area contributed by atoms with Crippen LogP contribution in [0.1, 0.15) is 50.3 Å². The van der Waals surface area contributed by atoms with Crippen LogP contribution in [0.15, 0.2) is 17.0 Å². The lowest BCUT2D eigenvalue weighted by Crippen LogP contribution is -2.43. The summed E-state index contributed by atoms with van der Waals surface area (Å²) in [6, 6.07) is 3.57. The van der Waals surface area contributed by atoms with E-state index < -0.39 is 15.6 Å². The van der Waals surface area contributed by atoms with Crippen LogP contribution < -0.4 is 10.5 Å². The third kappa shape index (κ3) is 4.04. The second-order valence-corrected chi connectivity index (χ2v) is 7.64. The van der Waals surface area contributed by atoms with Crippen molar-refractivity contribution in [2.24, 2.45) is 5.73 Å². The van der Waals surface area contributed by atoms with Gasteiger partial charge in [0.1, 0.15) is 0 Å². The molecule has 0 spiro atoms. The zero-order valence-electron chi connectivity index (χ0n) is 13.1. The van der Waals surface area contributed by atoms with Crippen molar-refractivity contribution in [1.82, 2.24) is 4.72 Å². The fourth-order valence-electron chi connectivity index (χ4n) is 2.48. The van der Waals surface area contributed by atoms with E-state index in [9.17, 15) is 8.42 Å². The second kappa shape index (κ2) is 6.24. The fourth-order valence-corrected chi connectivity index (χ4v) is 4.20. The molecule has 4 nitrogen and oxygen atoms in total. The quantitative estimate of drug-likeness (QED) is 0.848. The van der Waals surface area contributed by atoms with E-state index in [1.54, 1.807) is 6.07 Å². The molecule has 0 radical (unpaired) electrons. The Hall–Kier alpha value is -0.910. The Balaban J connectivity index is 3.22. The van der Waals surface area contributed by atoms with Gasteiger partial charge in [-0.3, -0.25) is 0 Å². The molecule has 0 aromatic heterocycles. The molecular formula is C15H26N2O2S. The molecule has 0 saturated carbocycles. The summed E-state index contributed by atoms with van der Waals surface area (Å²) in [6.45, 7) is 9.95. The van der Waals surface area contributed by atoms with Crippen LogP contribution in [0.2, 0.25) is 0 Å². The van der Waals surface area contributed by atoms with Crippen molar-refractivity contribution in [1.29, 1.82) is 0 Å². The van der Waals surface area contributed by atoms with Crippen LogP contribution in [-0.4, -0.2) is 14.0 Å². The zero-order valence-corrected chi connectivity index (χ0v) is 13.9. The van der Waals surface area contributed by atoms with Crippen LogP contribution in [0, 0.1) is 13.8 Å². The van der Waals surface area contributed by atoms with E-state index in [0.717, 1.165) is 29.5 Å². The molecule has 0 aliphatic rings. The molecule has 0 saturated heterocycles. The Bertz CT molecular complexity index is 578. The third-order valence-electron chi connectivity index (χ3n) is 3.43. The highest BCUT2D eigenvalue weighted by Gasteiger charge is 2.26. The minimum absolute atomic E-state index is 0.327. The summed E-state index contributed by atoms with van der Waals surface area (Å²) in [7, 11) is -3.53. The Morgan fingerprint density at radius 1 is 1.20 bits per heavy atom. The van der Waals surface area contributed by atoms with Gasteiger partial charge in [0, 0.05) is 12.1 Å². The van der Waals surface area contributed by atoms with Gasteiger partial charge in [-0.1, -0.05) is 19.4 Å². The highest BCUT2D eigenvalue weighted by Crippen LogP contribution is 2.23. The van der Waals surface area contributed by atoms with Crippen molar-refractivity contribution in [2.75, 3.05) is 0 Å². The molecule has 0 unspecified atom stereocenters. The summed E-state index contributed by atoms with van der Waals surface area (Å²) in [6.07, 6.45) is 1.72. The Kier molecular flexibility index (Phi) is 5.35. The number of hydrogen-bond acceptors (Lipinski definition) is 3. The van der Waals surface area contributed by atoms with Crippen molar-refractivity contribution in [3.05, 3.63) is 28.8 Å². The van der Waals surface area contributed by atoms with Gasteiger partial charge in [0.2, 0.25) is 10.0 Å². The first-order valence-electron chi connectivity index (χ1n) is 6.97. The predicted octanol–water partition coefficient (Wildman–Crippen LogP) is 2.62. The van der Waals surface area contributed by atoms with E-state index in [4.69, 9.17) is 5.73 Å². The summed E-state index contributed by atoms with van der Waals surface area (Å²) in [5.74, 6) is 0. The summed E-state index contributed by atoms with van der Waals surface area (Å²) >= 11 is 0. The van der Waals surface area contributed by atoms with Crippen LogP contribution in [0.3, 0.4) is 0 Å². The molecular weight excluding hydrogens is 272 g/mol. The van der Waals surface area contributed by atoms with Crippen LogP contribution in [0.5, 0.6) is 0 Å². The predicted molar refractivity (Wildman–Crippen MR) is 83.1 cm³/mol. The molecule has 0 aliphatic heterocycles. The Morgan fingerprint density at radius 2 is 1.80 bits per heavy atom. The maximum Gasteiger partial charge on any atom is 0.241 e. The molecule has 3 N–H and O–H groups in total. The molecule has 1 aromatic rings. The normalized spacial score (nSPS) is 12.7. The SMILES string of the molecule is CCCC(C)(C)NS(=O)(=O)c1cc(CN)c(C)cc1C.